The van der Waals surface area contributed by atoms with Crippen molar-refractivity contribution in [3.8, 4) is 22.8 Å². The summed E-state index contributed by atoms with van der Waals surface area (Å²) < 4.78 is 11.8. The number of likely N-dealkylation sites (N-methyl/N-ethyl adjacent to an activating group) is 1. The molecule has 1 aliphatic heterocycles. The number of benzene rings is 2. The molecule has 6 rings (SSSR count). The van der Waals surface area contributed by atoms with Crippen molar-refractivity contribution in [1.82, 2.24) is 30.5 Å². The minimum Gasteiger partial charge on any atom is -0.495 e. The molecule has 206 valence electrons. The molecule has 1 saturated carbocycles. The van der Waals surface area contributed by atoms with E-state index < -0.39 is 0 Å². The lowest BCUT2D eigenvalue weighted by Gasteiger charge is -2.36. The predicted molar refractivity (Wildman–Crippen MR) is 151 cm³/mol. The maximum atomic E-state index is 12.7. The van der Waals surface area contributed by atoms with E-state index in [1.165, 1.54) is 0 Å². The summed E-state index contributed by atoms with van der Waals surface area (Å²) in [5.74, 6) is 1.03. The van der Waals surface area contributed by atoms with Crippen LogP contribution in [0.25, 0.3) is 22.2 Å². The molecule has 0 spiro atoms. The van der Waals surface area contributed by atoms with E-state index in [1.54, 1.807) is 44.5 Å². The van der Waals surface area contributed by atoms with Gasteiger partial charge in [0.25, 0.3) is 11.8 Å². The van der Waals surface area contributed by atoms with Crippen molar-refractivity contribution >= 4 is 34.5 Å². The number of aromatic amines is 1. The normalized spacial score (nSPS) is 15.4. The number of anilines is 2. The smallest absolute Gasteiger partial charge is 0.251 e. The second kappa shape index (κ2) is 10.5. The molecule has 4 aromatic rings. The Morgan fingerprint density at radius 1 is 1.02 bits per heavy atom. The Morgan fingerprint density at radius 2 is 1.77 bits per heavy atom. The Morgan fingerprint density at radius 3 is 2.45 bits per heavy atom. The van der Waals surface area contributed by atoms with E-state index in [9.17, 15) is 9.59 Å². The van der Waals surface area contributed by atoms with Crippen LogP contribution in [-0.2, 0) is 0 Å². The van der Waals surface area contributed by atoms with E-state index >= 15 is 0 Å². The first-order chi connectivity index (χ1) is 19.4. The van der Waals surface area contributed by atoms with Gasteiger partial charge in [-0.3, -0.25) is 9.59 Å². The second-order valence-electron chi connectivity index (χ2n) is 10.2. The molecule has 3 heterocycles. The Labute approximate surface area is 231 Å². The zero-order valence-corrected chi connectivity index (χ0v) is 22.6. The van der Waals surface area contributed by atoms with E-state index in [0.717, 1.165) is 42.4 Å². The van der Waals surface area contributed by atoms with Crippen molar-refractivity contribution in [3.05, 3.63) is 59.8 Å². The Hall–Kier alpha value is -4.64. The Balaban J connectivity index is 1.29. The molecule has 0 radical (unpaired) electrons. The van der Waals surface area contributed by atoms with E-state index in [0.29, 0.717) is 40.0 Å². The van der Waals surface area contributed by atoms with Gasteiger partial charge in [0, 0.05) is 43.0 Å². The van der Waals surface area contributed by atoms with Gasteiger partial charge in [-0.1, -0.05) is 12.1 Å². The molecule has 2 aromatic heterocycles. The van der Waals surface area contributed by atoms with Gasteiger partial charge in [0.2, 0.25) is 11.8 Å². The van der Waals surface area contributed by atoms with Crippen LogP contribution >= 0.6 is 0 Å². The largest absolute Gasteiger partial charge is 0.495 e. The third-order valence-corrected chi connectivity index (χ3v) is 7.10. The number of nitrogens with zero attached hydrogens (tertiary/aromatic N) is 3. The highest BCUT2D eigenvalue weighted by molar-refractivity contribution is 5.99. The summed E-state index contributed by atoms with van der Waals surface area (Å²) in [6, 6.07) is 12.7. The number of aromatic nitrogens is 3. The first kappa shape index (κ1) is 25.6. The lowest BCUT2D eigenvalue weighted by atomic mass is 10.0. The number of likely N-dealkylation sites (tertiary alicyclic amines) is 1. The lowest BCUT2D eigenvalue weighted by molar-refractivity contribution is 0.0857. The molecule has 11 heteroatoms. The average Bonchev–Trinajstić information content (AvgIpc) is 3.67. The van der Waals surface area contributed by atoms with Crippen molar-refractivity contribution in [2.75, 3.05) is 39.6 Å². The maximum Gasteiger partial charge on any atom is 0.251 e. The molecular weight excluding hydrogens is 510 g/mol. The summed E-state index contributed by atoms with van der Waals surface area (Å²) >= 11 is 0. The minimum atomic E-state index is -0.141. The van der Waals surface area contributed by atoms with Gasteiger partial charge < -0.3 is 35.3 Å². The maximum absolute atomic E-state index is 12.7. The van der Waals surface area contributed by atoms with Crippen LogP contribution in [0.2, 0.25) is 0 Å². The number of carbonyl (C=O) groups is 2. The van der Waals surface area contributed by atoms with E-state index in [-0.39, 0.29) is 24.0 Å². The van der Waals surface area contributed by atoms with Crippen LogP contribution in [0.1, 0.15) is 33.6 Å². The van der Waals surface area contributed by atoms with Crippen molar-refractivity contribution in [2.24, 2.45) is 0 Å². The fourth-order valence-electron chi connectivity index (χ4n) is 4.77. The zero-order chi connectivity index (χ0) is 27.8. The molecule has 2 amide bonds. The fourth-order valence-corrected chi connectivity index (χ4v) is 4.77. The second-order valence-corrected chi connectivity index (χ2v) is 10.2. The lowest BCUT2D eigenvalue weighted by Crippen LogP contribution is -2.57. The molecule has 0 unspecified atom stereocenters. The minimum absolute atomic E-state index is 0.118. The van der Waals surface area contributed by atoms with E-state index in [1.807, 2.05) is 25.4 Å². The van der Waals surface area contributed by atoms with Crippen LogP contribution in [0.3, 0.4) is 0 Å². The van der Waals surface area contributed by atoms with Gasteiger partial charge in [0.05, 0.1) is 24.2 Å². The monoisotopic (exact) mass is 541 g/mol. The molecule has 2 fully saturated rings. The van der Waals surface area contributed by atoms with Crippen LogP contribution in [0.5, 0.6) is 11.6 Å². The standard InChI is InChI=1S/C29H31N7O4/c1-30-26(37)17-6-4-16(5-7-17)21-13-31-25-24(21)28(40-20-9-10-20)35-29(34-25)33-22-11-8-18(12-23(22)39-3)27(38)32-19-14-36(2)15-19/h4-8,11-13,19-20H,9-10,14-15H2,1-3H3,(H,30,37)(H,32,38)(H2,31,33,34,35). The third-order valence-electron chi connectivity index (χ3n) is 7.10. The number of hydrogen-bond donors (Lipinski definition) is 4. The topological polar surface area (TPSA) is 134 Å². The predicted octanol–water partition coefficient (Wildman–Crippen LogP) is 3.32. The highest BCUT2D eigenvalue weighted by Crippen LogP contribution is 2.38. The Bertz CT molecular complexity index is 1570. The van der Waals surface area contributed by atoms with E-state index in [2.05, 4.69) is 25.8 Å². The van der Waals surface area contributed by atoms with Crippen molar-refractivity contribution < 1.29 is 19.1 Å². The SMILES string of the molecule is CNC(=O)c1ccc(-c2c[nH]c3nc(Nc4ccc(C(=O)NC5CN(C)C5)cc4OC)nc(OC4CC4)c23)cc1. The van der Waals surface area contributed by atoms with Crippen molar-refractivity contribution in [1.29, 1.82) is 0 Å². The molecule has 4 N–H and O–H groups in total. The molecule has 2 aliphatic rings. The van der Waals surface area contributed by atoms with Gasteiger partial charge in [-0.15, -0.1) is 0 Å². The molecule has 2 aromatic carbocycles. The van der Waals surface area contributed by atoms with Gasteiger partial charge in [0.1, 0.15) is 17.5 Å². The number of nitrogens with one attached hydrogen (secondary N) is 4. The molecular formula is C29H31N7O4. The Kier molecular flexibility index (Phi) is 6.72. The van der Waals surface area contributed by atoms with Crippen LogP contribution < -0.4 is 25.4 Å². The third kappa shape index (κ3) is 5.15. The quantitative estimate of drug-likeness (QED) is 0.254. The fraction of sp³-hybridized carbons (Fsp3) is 0.310. The summed E-state index contributed by atoms with van der Waals surface area (Å²) in [7, 11) is 5.18. The number of ether oxygens (including phenoxy) is 2. The average molecular weight is 542 g/mol. The molecule has 11 nitrogen and oxygen atoms in total. The molecule has 40 heavy (non-hydrogen) atoms. The van der Waals surface area contributed by atoms with Gasteiger partial charge in [-0.25, -0.2) is 0 Å². The van der Waals surface area contributed by atoms with Crippen LogP contribution in [0, 0.1) is 0 Å². The van der Waals surface area contributed by atoms with Crippen molar-refractivity contribution in [2.45, 2.75) is 25.0 Å². The number of hydrogen-bond acceptors (Lipinski definition) is 8. The molecule has 0 bridgehead atoms. The zero-order valence-electron chi connectivity index (χ0n) is 22.6. The highest BCUT2D eigenvalue weighted by Gasteiger charge is 2.28. The number of amides is 2. The summed E-state index contributed by atoms with van der Waals surface area (Å²) in [6.45, 7) is 1.69. The van der Waals surface area contributed by atoms with Crippen LogP contribution in [-0.4, -0.2) is 78.1 Å². The van der Waals surface area contributed by atoms with Gasteiger partial charge in [0.15, 0.2) is 0 Å². The number of methoxy groups -OCH3 is 1. The number of fused-ring (bicyclic) bond motifs is 1. The summed E-state index contributed by atoms with van der Waals surface area (Å²) in [5.41, 5.74) is 4.12. The first-order valence-corrected chi connectivity index (χ1v) is 13.2. The number of carbonyl (C=O) groups excluding carboxylic acids is 2. The summed E-state index contributed by atoms with van der Waals surface area (Å²) in [4.78, 5) is 39.5. The van der Waals surface area contributed by atoms with Gasteiger partial charge >= 0.3 is 0 Å². The van der Waals surface area contributed by atoms with Gasteiger partial charge in [-0.2, -0.15) is 9.97 Å². The van der Waals surface area contributed by atoms with Gasteiger partial charge in [-0.05, 0) is 55.8 Å². The summed E-state index contributed by atoms with van der Waals surface area (Å²) in [6.07, 6.45) is 3.94. The molecule has 0 atom stereocenters. The molecule has 1 aliphatic carbocycles. The van der Waals surface area contributed by atoms with Crippen LogP contribution in [0.15, 0.2) is 48.7 Å². The van der Waals surface area contributed by atoms with E-state index in [4.69, 9.17) is 19.4 Å². The number of H-pyrrole nitrogens is 1. The summed E-state index contributed by atoms with van der Waals surface area (Å²) in [5, 5.41) is 9.68. The van der Waals surface area contributed by atoms with Crippen molar-refractivity contribution in [3.63, 3.8) is 0 Å². The highest BCUT2D eigenvalue weighted by atomic mass is 16.5. The number of rotatable bonds is 9. The van der Waals surface area contributed by atoms with Crippen LogP contribution in [0.4, 0.5) is 11.6 Å². The first-order valence-electron chi connectivity index (χ1n) is 13.2. The molecule has 1 saturated heterocycles.